The maximum Gasteiger partial charge on any atom is 0.245 e. The minimum Gasteiger partial charge on any atom is -0.339 e. The molecule has 0 N–H and O–H groups in total. The molecule has 0 radical (unpaired) electrons. The number of nitrogens with zero attached hydrogens (tertiary/aromatic N) is 2. The van der Waals surface area contributed by atoms with Gasteiger partial charge in [0, 0.05) is 19.1 Å². The average molecular weight is 355 g/mol. The summed E-state index contributed by atoms with van der Waals surface area (Å²) in [6.45, 7) is 22.1. The van der Waals surface area contributed by atoms with Crippen LogP contribution < -0.4 is 0 Å². The second-order valence-corrected chi connectivity index (χ2v) is 5.73. The van der Waals surface area contributed by atoms with Crippen molar-refractivity contribution in [2.24, 2.45) is 5.92 Å². The summed E-state index contributed by atoms with van der Waals surface area (Å²) in [7, 11) is 2.19. The predicted octanol–water partition coefficient (Wildman–Crippen LogP) is 4.57. The van der Waals surface area contributed by atoms with Crippen LogP contribution in [0.1, 0.15) is 60.8 Å². The molecule has 148 valence electrons. The molecule has 2 aliphatic heterocycles. The molecule has 0 aromatic carbocycles. The van der Waals surface area contributed by atoms with E-state index in [2.05, 4.69) is 39.0 Å². The Hall–Kier alpha value is -1.42. The van der Waals surface area contributed by atoms with Crippen molar-refractivity contribution in [3.63, 3.8) is 0 Å². The first-order valence-electron chi connectivity index (χ1n) is 9.64. The normalized spacial score (nSPS) is 20.8. The van der Waals surface area contributed by atoms with Gasteiger partial charge in [0.25, 0.3) is 0 Å². The summed E-state index contributed by atoms with van der Waals surface area (Å²) in [6.07, 6.45) is 7.16. The van der Waals surface area contributed by atoms with E-state index >= 15 is 0 Å². The lowest BCUT2D eigenvalue weighted by molar-refractivity contribution is -0.125. The van der Waals surface area contributed by atoms with Crippen LogP contribution in [0.15, 0.2) is 25.3 Å². The molecule has 2 rings (SSSR count). The lowest BCUT2D eigenvalue weighted by Crippen LogP contribution is -2.26. The van der Waals surface area contributed by atoms with Gasteiger partial charge in [0.2, 0.25) is 5.91 Å². The van der Waals surface area contributed by atoms with E-state index in [0.29, 0.717) is 12.2 Å². The third-order valence-corrected chi connectivity index (χ3v) is 3.89. The van der Waals surface area contributed by atoms with Crippen molar-refractivity contribution in [3.8, 4) is 0 Å². The summed E-state index contributed by atoms with van der Waals surface area (Å²) in [6, 6.07) is 0.847. The number of allylic oxidation sites excluding steroid dienone is 1. The molecule has 0 saturated carbocycles. The Morgan fingerprint density at radius 1 is 1.04 bits per heavy atom. The molecule has 4 heteroatoms. The summed E-state index contributed by atoms with van der Waals surface area (Å²) in [5.74, 6) is 0.744. The number of aldehydes is 1. The van der Waals surface area contributed by atoms with E-state index in [1.165, 1.54) is 31.5 Å². The van der Waals surface area contributed by atoms with E-state index in [0.717, 1.165) is 25.6 Å². The highest BCUT2D eigenvalue weighted by Crippen LogP contribution is 2.14. The first-order chi connectivity index (χ1) is 12.0. The quantitative estimate of drug-likeness (QED) is 0.539. The van der Waals surface area contributed by atoms with Gasteiger partial charge < -0.3 is 9.80 Å². The molecule has 0 aliphatic carbocycles. The molecule has 2 heterocycles. The van der Waals surface area contributed by atoms with E-state index in [4.69, 9.17) is 4.79 Å². The molecule has 2 atom stereocenters. The molecular weight excluding hydrogens is 312 g/mol. The molecule has 4 nitrogen and oxygen atoms in total. The molecule has 1 amide bonds. The van der Waals surface area contributed by atoms with Crippen LogP contribution in [0.2, 0.25) is 0 Å². The van der Waals surface area contributed by atoms with E-state index in [9.17, 15) is 4.79 Å². The number of carbonyl (C=O) groups excluding carboxylic acids is 2. The molecule has 0 aromatic rings. The van der Waals surface area contributed by atoms with Gasteiger partial charge in [-0.2, -0.15) is 0 Å². The Labute approximate surface area is 157 Å². The van der Waals surface area contributed by atoms with Crippen LogP contribution >= 0.6 is 0 Å². The number of likely N-dealkylation sites (tertiary alicyclic amines) is 2. The van der Waals surface area contributed by atoms with Crippen LogP contribution in [-0.2, 0) is 9.59 Å². The van der Waals surface area contributed by atoms with E-state index in [1.54, 1.807) is 0 Å². The third-order valence-electron chi connectivity index (χ3n) is 3.89. The van der Waals surface area contributed by atoms with Crippen molar-refractivity contribution in [1.82, 2.24) is 9.80 Å². The van der Waals surface area contributed by atoms with Crippen LogP contribution in [0.3, 0.4) is 0 Å². The lowest BCUT2D eigenvalue weighted by Gasteiger charge is -2.12. The van der Waals surface area contributed by atoms with Gasteiger partial charge in [-0.1, -0.05) is 47.8 Å². The van der Waals surface area contributed by atoms with Crippen LogP contribution in [0.25, 0.3) is 0 Å². The zero-order valence-electron chi connectivity index (χ0n) is 17.8. The molecule has 2 unspecified atom stereocenters. The molecule has 0 spiro atoms. The largest absolute Gasteiger partial charge is 0.339 e. The van der Waals surface area contributed by atoms with E-state index < -0.39 is 0 Å². The molecule has 2 aliphatic rings. The van der Waals surface area contributed by atoms with E-state index in [1.807, 2.05) is 32.6 Å². The molecule has 0 bridgehead atoms. The SMILES string of the molecule is C=CC(=O)N1CCC(C)C1.C=CC=O.CC.CC.CC1CCCN1C. The third kappa shape index (κ3) is 15.8. The fraction of sp³-hybridized carbons (Fsp3) is 0.714. The van der Waals surface area contributed by atoms with Gasteiger partial charge in [-0.3, -0.25) is 9.59 Å². The van der Waals surface area contributed by atoms with E-state index in [-0.39, 0.29) is 5.91 Å². The summed E-state index contributed by atoms with van der Waals surface area (Å²) in [5, 5.41) is 0. The first-order valence-corrected chi connectivity index (χ1v) is 9.64. The Bertz CT molecular complexity index is 329. The molecule has 25 heavy (non-hydrogen) atoms. The van der Waals surface area contributed by atoms with Crippen molar-refractivity contribution in [1.29, 1.82) is 0 Å². The fourth-order valence-electron chi connectivity index (χ4n) is 2.34. The molecule has 0 aromatic heterocycles. The molecule has 2 fully saturated rings. The monoisotopic (exact) mass is 354 g/mol. The van der Waals surface area contributed by atoms with Crippen LogP contribution in [0.4, 0.5) is 0 Å². The van der Waals surface area contributed by atoms with Crippen molar-refractivity contribution in [3.05, 3.63) is 25.3 Å². The number of carbonyl (C=O) groups is 2. The van der Waals surface area contributed by atoms with Gasteiger partial charge in [-0.05, 0) is 57.8 Å². The van der Waals surface area contributed by atoms with Gasteiger partial charge in [0.15, 0.2) is 0 Å². The predicted molar refractivity (Wildman–Crippen MR) is 111 cm³/mol. The summed E-state index contributed by atoms with van der Waals surface area (Å²) in [5.41, 5.74) is 0. The van der Waals surface area contributed by atoms with Crippen LogP contribution in [0.5, 0.6) is 0 Å². The summed E-state index contributed by atoms with van der Waals surface area (Å²) >= 11 is 0. The van der Waals surface area contributed by atoms with Gasteiger partial charge in [0.05, 0.1) is 0 Å². The van der Waals surface area contributed by atoms with Crippen molar-refractivity contribution in [2.75, 3.05) is 26.7 Å². The highest BCUT2D eigenvalue weighted by Gasteiger charge is 2.20. The average Bonchev–Trinajstić information content (AvgIpc) is 3.26. The Balaban J connectivity index is -0.000000283. The maximum atomic E-state index is 11.0. The van der Waals surface area contributed by atoms with Gasteiger partial charge >= 0.3 is 0 Å². The number of hydrogen-bond acceptors (Lipinski definition) is 3. The van der Waals surface area contributed by atoms with Crippen molar-refractivity contribution in [2.45, 2.75) is 66.8 Å². The first kappa shape index (κ1) is 28.4. The zero-order chi connectivity index (χ0) is 20.3. The summed E-state index contributed by atoms with van der Waals surface area (Å²) in [4.78, 5) is 24.3. The minimum atomic E-state index is 0.0735. The van der Waals surface area contributed by atoms with Gasteiger partial charge in [-0.25, -0.2) is 0 Å². The Morgan fingerprint density at radius 2 is 1.56 bits per heavy atom. The highest BCUT2D eigenvalue weighted by molar-refractivity contribution is 5.87. The second-order valence-electron chi connectivity index (χ2n) is 5.73. The second kappa shape index (κ2) is 20.6. The fourth-order valence-corrected chi connectivity index (χ4v) is 2.34. The van der Waals surface area contributed by atoms with Gasteiger partial charge in [0.1, 0.15) is 6.29 Å². The molecule has 2 saturated heterocycles. The smallest absolute Gasteiger partial charge is 0.245 e. The van der Waals surface area contributed by atoms with Crippen LogP contribution in [0, 0.1) is 5.92 Å². The Morgan fingerprint density at radius 3 is 1.76 bits per heavy atom. The number of amides is 1. The standard InChI is InChI=1S/C8H13NO.C6H13N.C3H4O.2C2H6/c1-3-8(10)9-5-4-7(2)6-9;1-6-4-3-5-7(6)2;1-2-3-4;2*1-2/h3,7H,1,4-6H2,2H3;6H,3-5H2,1-2H3;2-3H,1H2;2*1-2H3. The number of rotatable bonds is 2. The van der Waals surface area contributed by atoms with Crippen LogP contribution in [-0.4, -0.2) is 54.7 Å². The number of hydrogen-bond donors (Lipinski definition) is 0. The molecular formula is C21H42N2O2. The van der Waals surface area contributed by atoms with Crippen molar-refractivity contribution < 1.29 is 9.59 Å². The minimum absolute atomic E-state index is 0.0735. The van der Waals surface area contributed by atoms with Gasteiger partial charge in [-0.15, -0.1) is 0 Å². The Kier molecular flexibility index (Phi) is 23.4. The highest BCUT2D eigenvalue weighted by atomic mass is 16.2. The summed E-state index contributed by atoms with van der Waals surface area (Å²) < 4.78 is 0. The maximum absolute atomic E-state index is 11.0. The topological polar surface area (TPSA) is 40.6 Å². The van der Waals surface area contributed by atoms with Crippen molar-refractivity contribution >= 4 is 12.2 Å². The zero-order valence-corrected chi connectivity index (χ0v) is 17.8. The lowest BCUT2D eigenvalue weighted by atomic mass is 10.2.